The molecule has 3 saturated carbocycles. The van der Waals surface area contributed by atoms with Crippen molar-refractivity contribution in [2.45, 2.75) is 58.4 Å². The topological polar surface area (TPSA) is 49.4 Å². The third kappa shape index (κ3) is 3.08. The summed E-state index contributed by atoms with van der Waals surface area (Å²) >= 11 is 6.29. The molecule has 2 amide bonds. The Morgan fingerprint density at radius 2 is 1.87 bits per heavy atom. The first-order valence-electron chi connectivity index (χ1n) is 11.8. The van der Waals surface area contributed by atoms with Crippen LogP contribution in [-0.4, -0.2) is 29.8 Å². The molecule has 3 fully saturated rings. The third-order valence-corrected chi connectivity index (χ3v) is 9.91. The molecule has 7 atom stereocenters. The second-order valence-corrected chi connectivity index (χ2v) is 11.2. The van der Waals surface area contributed by atoms with E-state index in [4.69, 9.17) is 11.6 Å². The van der Waals surface area contributed by atoms with E-state index >= 15 is 0 Å². The summed E-state index contributed by atoms with van der Waals surface area (Å²) in [5.41, 5.74) is 0.795. The number of carbonyl (C=O) groups is 2. The van der Waals surface area contributed by atoms with E-state index in [0.29, 0.717) is 34.5 Å². The maximum atomic E-state index is 13.3. The molecule has 31 heavy (non-hydrogen) atoms. The van der Waals surface area contributed by atoms with Gasteiger partial charge in [-0.05, 0) is 79.9 Å². The number of nitrogens with zero attached hydrogens (tertiary/aromatic N) is 1. The average molecular weight is 441 g/mol. The predicted molar refractivity (Wildman–Crippen MR) is 124 cm³/mol. The van der Waals surface area contributed by atoms with Gasteiger partial charge in [-0.3, -0.25) is 9.59 Å². The van der Waals surface area contributed by atoms with Gasteiger partial charge in [0.2, 0.25) is 11.8 Å². The van der Waals surface area contributed by atoms with E-state index in [1.807, 2.05) is 36.2 Å². The van der Waals surface area contributed by atoms with Gasteiger partial charge >= 0.3 is 0 Å². The predicted octanol–water partition coefficient (Wildman–Crippen LogP) is 5.53. The van der Waals surface area contributed by atoms with Crippen molar-refractivity contribution in [3.8, 4) is 0 Å². The van der Waals surface area contributed by atoms with Gasteiger partial charge in [0.15, 0.2) is 0 Å². The van der Waals surface area contributed by atoms with E-state index in [-0.39, 0.29) is 28.6 Å². The van der Waals surface area contributed by atoms with Crippen molar-refractivity contribution in [1.82, 2.24) is 4.90 Å². The molecule has 1 heterocycles. The first-order chi connectivity index (χ1) is 14.8. The minimum atomic E-state index is 0.0337. The summed E-state index contributed by atoms with van der Waals surface area (Å²) < 4.78 is 0. The van der Waals surface area contributed by atoms with Crippen molar-refractivity contribution in [2.75, 3.05) is 12.4 Å². The van der Waals surface area contributed by atoms with E-state index in [0.717, 1.165) is 38.5 Å². The molecule has 1 aromatic carbocycles. The molecule has 4 nitrogen and oxygen atoms in total. The summed E-state index contributed by atoms with van der Waals surface area (Å²) in [7, 11) is 1.96. The lowest BCUT2D eigenvalue weighted by Gasteiger charge is -2.60. The highest BCUT2D eigenvalue weighted by molar-refractivity contribution is 6.33. The maximum absolute atomic E-state index is 13.3. The van der Waals surface area contributed by atoms with Crippen molar-refractivity contribution in [3.05, 3.63) is 41.4 Å². The summed E-state index contributed by atoms with van der Waals surface area (Å²) in [6, 6.07) is 7.79. The fourth-order valence-electron chi connectivity index (χ4n) is 7.95. The molecular formula is C26H33ClN2O2. The zero-order valence-corrected chi connectivity index (χ0v) is 19.5. The first kappa shape index (κ1) is 21.1. The molecule has 0 saturated heterocycles. The number of fused-ring (bicyclic) bond motifs is 5. The molecule has 0 radical (unpaired) electrons. The van der Waals surface area contributed by atoms with E-state index < -0.39 is 0 Å². The molecule has 0 spiro atoms. The molecule has 0 unspecified atom stereocenters. The second kappa shape index (κ2) is 7.37. The van der Waals surface area contributed by atoms with Gasteiger partial charge in [-0.25, -0.2) is 0 Å². The summed E-state index contributed by atoms with van der Waals surface area (Å²) in [6.07, 6.45) is 10.5. The molecule has 3 aliphatic carbocycles. The molecule has 1 N–H and O–H groups in total. The normalized spacial score (nSPS) is 41.4. The molecule has 166 valence electrons. The second-order valence-electron chi connectivity index (χ2n) is 10.8. The van der Waals surface area contributed by atoms with E-state index in [1.54, 1.807) is 6.08 Å². The number of halogens is 1. The number of rotatable bonds is 2. The molecule has 0 bridgehead atoms. The minimum Gasteiger partial charge on any atom is -0.338 e. The van der Waals surface area contributed by atoms with E-state index in [1.165, 1.54) is 0 Å². The van der Waals surface area contributed by atoms with Crippen LogP contribution in [0.4, 0.5) is 5.69 Å². The lowest BCUT2D eigenvalue weighted by molar-refractivity contribution is -0.141. The van der Waals surface area contributed by atoms with Crippen LogP contribution in [0.15, 0.2) is 36.4 Å². The Bertz CT molecular complexity index is 945. The van der Waals surface area contributed by atoms with Crippen LogP contribution >= 0.6 is 11.6 Å². The van der Waals surface area contributed by atoms with Crippen molar-refractivity contribution in [1.29, 1.82) is 0 Å². The van der Waals surface area contributed by atoms with Crippen molar-refractivity contribution >= 4 is 29.1 Å². The van der Waals surface area contributed by atoms with Gasteiger partial charge in [0.1, 0.15) is 0 Å². The van der Waals surface area contributed by atoms with Crippen molar-refractivity contribution in [3.63, 3.8) is 0 Å². The van der Waals surface area contributed by atoms with Crippen LogP contribution < -0.4 is 5.32 Å². The van der Waals surface area contributed by atoms with Gasteiger partial charge in [0.05, 0.1) is 10.7 Å². The Balaban J connectivity index is 1.38. The Kier molecular flexibility index (Phi) is 5.00. The van der Waals surface area contributed by atoms with Gasteiger partial charge < -0.3 is 10.2 Å². The zero-order valence-electron chi connectivity index (χ0n) is 18.7. The Labute approximate surface area is 190 Å². The molecular weight excluding hydrogens is 408 g/mol. The average Bonchev–Trinajstić information content (AvgIpc) is 3.10. The number of anilines is 1. The van der Waals surface area contributed by atoms with Crippen LogP contribution in [-0.2, 0) is 9.59 Å². The number of amides is 2. The quantitative estimate of drug-likeness (QED) is 0.656. The number of likely N-dealkylation sites (N-methyl/N-ethyl adjacent to an activating group) is 1. The van der Waals surface area contributed by atoms with Crippen LogP contribution in [0, 0.1) is 34.5 Å². The Morgan fingerprint density at radius 3 is 2.65 bits per heavy atom. The maximum Gasteiger partial charge on any atom is 0.246 e. The van der Waals surface area contributed by atoms with Crippen LogP contribution in [0.25, 0.3) is 0 Å². The van der Waals surface area contributed by atoms with E-state index in [2.05, 4.69) is 25.2 Å². The summed E-state index contributed by atoms with van der Waals surface area (Å²) in [4.78, 5) is 27.6. The standard InChI is InChI=1S/C26H33ClN2O2/c1-25-14-12-18-16(8-11-22-26(18,2)15-13-23(30)29(22)3)17(25)9-10-19(25)24(31)28-21-7-5-4-6-20(21)27/h4-7,13,15-19,22H,8-12,14H2,1-3H3,(H,28,31)/t16-,17-,18-,19+,22-,25+,26+/m0/s1. The van der Waals surface area contributed by atoms with Crippen LogP contribution in [0.2, 0.25) is 5.02 Å². The number of para-hydroxylation sites is 1. The molecule has 5 heteroatoms. The highest BCUT2D eigenvalue weighted by atomic mass is 35.5. The highest BCUT2D eigenvalue weighted by Gasteiger charge is 2.61. The van der Waals surface area contributed by atoms with Crippen LogP contribution in [0.3, 0.4) is 0 Å². The number of hydrogen-bond donors (Lipinski definition) is 1. The van der Waals surface area contributed by atoms with Crippen molar-refractivity contribution in [2.24, 2.45) is 34.5 Å². The molecule has 0 aromatic heterocycles. The number of benzene rings is 1. The Morgan fingerprint density at radius 1 is 1.10 bits per heavy atom. The minimum absolute atomic E-state index is 0.0337. The fraction of sp³-hybridized carbons (Fsp3) is 0.615. The molecule has 1 aromatic rings. The molecule has 1 aliphatic heterocycles. The van der Waals surface area contributed by atoms with Gasteiger partial charge in [-0.15, -0.1) is 0 Å². The fourth-order valence-corrected chi connectivity index (χ4v) is 8.13. The first-order valence-corrected chi connectivity index (χ1v) is 12.1. The SMILES string of the molecule is CN1C(=O)C=C[C@@]2(C)[C@@H]1CC[C@@H]1[C@@H]2CC[C@@]2(C)[C@@H](C(=O)Nc3ccccc3Cl)CC[C@@H]12. The van der Waals surface area contributed by atoms with Crippen molar-refractivity contribution < 1.29 is 9.59 Å². The third-order valence-electron chi connectivity index (χ3n) is 9.58. The van der Waals surface area contributed by atoms with E-state index in [9.17, 15) is 9.59 Å². The number of carbonyl (C=O) groups excluding carboxylic acids is 2. The van der Waals surface area contributed by atoms with Gasteiger partial charge in [0, 0.05) is 24.4 Å². The van der Waals surface area contributed by atoms with Gasteiger partial charge in [-0.2, -0.15) is 0 Å². The molecule has 5 rings (SSSR count). The monoisotopic (exact) mass is 440 g/mol. The lowest BCUT2D eigenvalue weighted by Crippen LogP contribution is -2.59. The zero-order chi connectivity index (χ0) is 22.0. The summed E-state index contributed by atoms with van der Waals surface area (Å²) in [5.74, 6) is 2.08. The highest BCUT2D eigenvalue weighted by Crippen LogP contribution is 2.65. The van der Waals surface area contributed by atoms with Crippen LogP contribution in [0.1, 0.15) is 52.4 Å². The summed E-state index contributed by atoms with van der Waals surface area (Å²) in [6.45, 7) is 4.73. The smallest absolute Gasteiger partial charge is 0.246 e. The Hall–Kier alpha value is -1.81. The van der Waals surface area contributed by atoms with Gasteiger partial charge in [0.25, 0.3) is 0 Å². The number of hydrogen-bond acceptors (Lipinski definition) is 2. The van der Waals surface area contributed by atoms with Crippen LogP contribution in [0.5, 0.6) is 0 Å². The molecule has 4 aliphatic rings. The number of nitrogens with one attached hydrogen (secondary N) is 1. The summed E-state index contributed by atoms with van der Waals surface area (Å²) in [5, 5.41) is 3.71. The lowest BCUT2D eigenvalue weighted by atomic mass is 9.47. The van der Waals surface area contributed by atoms with Gasteiger partial charge in [-0.1, -0.05) is 43.7 Å². The largest absolute Gasteiger partial charge is 0.338 e.